The van der Waals surface area contributed by atoms with E-state index in [0.717, 1.165) is 12.0 Å². The van der Waals surface area contributed by atoms with Crippen LogP contribution in [0.2, 0.25) is 10.0 Å². The number of nitrogens with one attached hydrogen (secondary N) is 1. The maximum absolute atomic E-state index is 11.0. The summed E-state index contributed by atoms with van der Waals surface area (Å²) in [6.45, 7) is 5.46. The minimum atomic E-state index is -1.06. The molecular weight excluding hydrogens is 377 g/mol. The van der Waals surface area contributed by atoms with Gasteiger partial charge in [0.1, 0.15) is 0 Å². The van der Waals surface area contributed by atoms with Crippen LogP contribution < -0.4 is 14.8 Å². The van der Waals surface area contributed by atoms with E-state index in [1.165, 1.54) is 6.07 Å². The van der Waals surface area contributed by atoms with E-state index in [2.05, 4.69) is 5.32 Å². The number of carbonyl (C=O) groups is 1. The quantitative estimate of drug-likeness (QED) is 0.585. The van der Waals surface area contributed by atoms with Crippen LogP contribution in [-0.4, -0.2) is 24.3 Å². The van der Waals surface area contributed by atoms with E-state index in [1.807, 2.05) is 19.9 Å². The monoisotopic (exact) mass is 397 g/mol. The zero-order chi connectivity index (χ0) is 19.1. The molecule has 2 aromatic carbocycles. The van der Waals surface area contributed by atoms with Crippen molar-refractivity contribution < 1.29 is 19.4 Å². The highest BCUT2D eigenvalue weighted by molar-refractivity contribution is 6.33. The zero-order valence-corrected chi connectivity index (χ0v) is 16.2. The van der Waals surface area contributed by atoms with Crippen molar-refractivity contribution in [2.75, 3.05) is 18.5 Å². The van der Waals surface area contributed by atoms with Gasteiger partial charge < -0.3 is 19.9 Å². The van der Waals surface area contributed by atoms with Gasteiger partial charge in [0.05, 0.1) is 23.8 Å². The first-order valence-electron chi connectivity index (χ1n) is 8.31. The van der Waals surface area contributed by atoms with Crippen LogP contribution >= 0.6 is 23.2 Å². The summed E-state index contributed by atoms with van der Waals surface area (Å²) in [7, 11) is 0. The van der Waals surface area contributed by atoms with Crippen LogP contribution in [0.1, 0.15) is 36.2 Å². The maximum atomic E-state index is 11.0. The van der Waals surface area contributed by atoms with Crippen LogP contribution in [0.25, 0.3) is 0 Å². The van der Waals surface area contributed by atoms with E-state index in [4.69, 9.17) is 37.8 Å². The third-order valence-electron chi connectivity index (χ3n) is 3.56. The number of hydrogen-bond acceptors (Lipinski definition) is 4. The van der Waals surface area contributed by atoms with Crippen molar-refractivity contribution in [2.45, 2.75) is 26.8 Å². The van der Waals surface area contributed by atoms with Crippen molar-refractivity contribution in [2.24, 2.45) is 0 Å². The van der Waals surface area contributed by atoms with E-state index in [9.17, 15) is 4.79 Å². The first kappa shape index (κ1) is 20.2. The lowest BCUT2D eigenvalue weighted by Gasteiger charge is -2.15. The molecule has 0 radical (unpaired) electrons. The van der Waals surface area contributed by atoms with Crippen LogP contribution in [0, 0.1) is 0 Å². The van der Waals surface area contributed by atoms with E-state index in [1.54, 1.807) is 18.2 Å². The van der Waals surface area contributed by atoms with E-state index in [0.29, 0.717) is 42.0 Å². The van der Waals surface area contributed by atoms with Crippen molar-refractivity contribution >= 4 is 34.9 Å². The molecule has 2 aromatic rings. The fraction of sp³-hybridized carbons (Fsp3) is 0.316. The van der Waals surface area contributed by atoms with Crippen molar-refractivity contribution in [3.8, 4) is 11.5 Å². The van der Waals surface area contributed by atoms with Crippen molar-refractivity contribution in [3.05, 3.63) is 51.5 Å². The Morgan fingerprint density at radius 1 is 1.08 bits per heavy atom. The van der Waals surface area contributed by atoms with Gasteiger partial charge in [0, 0.05) is 23.3 Å². The Bertz CT molecular complexity index is 780. The number of hydrogen-bond donors (Lipinski definition) is 2. The minimum Gasteiger partial charge on any atom is -0.490 e. The van der Waals surface area contributed by atoms with Gasteiger partial charge in [-0.05, 0) is 43.2 Å². The van der Waals surface area contributed by atoms with E-state index in [-0.39, 0.29) is 10.6 Å². The number of halogens is 2. The molecule has 0 atom stereocenters. The average molecular weight is 398 g/mol. The van der Waals surface area contributed by atoms with Gasteiger partial charge in [0.2, 0.25) is 0 Å². The Morgan fingerprint density at radius 2 is 1.81 bits per heavy atom. The first-order valence-corrected chi connectivity index (χ1v) is 9.06. The van der Waals surface area contributed by atoms with Gasteiger partial charge in [-0.2, -0.15) is 0 Å². The van der Waals surface area contributed by atoms with Crippen LogP contribution in [0.3, 0.4) is 0 Å². The van der Waals surface area contributed by atoms with Gasteiger partial charge >= 0.3 is 5.97 Å². The van der Waals surface area contributed by atoms with E-state index < -0.39 is 5.97 Å². The lowest BCUT2D eigenvalue weighted by molar-refractivity contribution is 0.0697. The summed E-state index contributed by atoms with van der Waals surface area (Å²) < 4.78 is 11.3. The van der Waals surface area contributed by atoms with E-state index >= 15 is 0 Å². The highest BCUT2D eigenvalue weighted by Crippen LogP contribution is 2.34. The molecule has 0 saturated carbocycles. The normalized spacial score (nSPS) is 10.5. The Morgan fingerprint density at radius 3 is 2.42 bits per heavy atom. The largest absolute Gasteiger partial charge is 0.490 e. The number of carboxylic acids is 1. The summed E-state index contributed by atoms with van der Waals surface area (Å²) in [5.74, 6) is 0.200. The molecule has 0 bridgehead atoms. The first-order chi connectivity index (χ1) is 12.5. The standard InChI is InChI=1S/C19H21Cl2NO4/c1-3-7-26-18-10-15(20)12(8-17(18)25-4-2)11-22-13-5-6-14(19(23)24)16(21)9-13/h5-6,8-10,22H,3-4,7,11H2,1-2H3,(H,23,24). The van der Waals surface area contributed by atoms with Crippen molar-refractivity contribution in [1.29, 1.82) is 0 Å². The molecule has 0 heterocycles. The SMILES string of the molecule is CCCOc1cc(Cl)c(CNc2ccc(C(=O)O)c(Cl)c2)cc1OCC. The topological polar surface area (TPSA) is 67.8 Å². The van der Waals surface area contributed by atoms with Crippen molar-refractivity contribution in [3.63, 3.8) is 0 Å². The van der Waals surface area contributed by atoms with Gasteiger partial charge in [-0.3, -0.25) is 0 Å². The summed E-state index contributed by atoms with van der Waals surface area (Å²) in [5.41, 5.74) is 1.59. The third kappa shape index (κ3) is 5.19. The Kier molecular flexibility index (Phi) is 7.42. The van der Waals surface area contributed by atoms with Gasteiger partial charge in [-0.15, -0.1) is 0 Å². The van der Waals surface area contributed by atoms with Crippen LogP contribution in [0.5, 0.6) is 11.5 Å². The minimum absolute atomic E-state index is 0.0614. The molecule has 0 aromatic heterocycles. The molecule has 0 amide bonds. The summed E-state index contributed by atoms with van der Waals surface area (Å²) in [5, 5.41) is 12.9. The lowest BCUT2D eigenvalue weighted by atomic mass is 10.1. The predicted octanol–water partition coefficient (Wildman–Crippen LogP) is 5.49. The molecule has 0 aliphatic heterocycles. The molecule has 0 spiro atoms. The number of ether oxygens (including phenoxy) is 2. The molecule has 5 nitrogen and oxygen atoms in total. The molecule has 7 heteroatoms. The number of rotatable bonds is 9. The van der Waals surface area contributed by atoms with Gasteiger partial charge in [-0.1, -0.05) is 30.1 Å². The average Bonchev–Trinajstić information content (AvgIpc) is 2.60. The molecule has 2 rings (SSSR count). The molecule has 140 valence electrons. The second kappa shape index (κ2) is 9.55. The Balaban J connectivity index is 2.17. The molecule has 0 fully saturated rings. The summed E-state index contributed by atoms with van der Waals surface area (Å²) >= 11 is 12.4. The Labute approximate surface area is 162 Å². The number of anilines is 1. The smallest absolute Gasteiger partial charge is 0.337 e. The van der Waals surface area contributed by atoms with Gasteiger partial charge in [0.15, 0.2) is 11.5 Å². The number of benzene rings is 2. The summed E-state index contributed by atoms with van der Waals surface area (Å²) in [6, 6.07) is 8.28. The Hall–Kier alpha value is -2.11. The highest BCUT2D eigenvalue weighted by atomic mass is 35.5. The van der Waals surface area contributed by atoms with Crippen LogP contribution in [0.4, 0.5) is 5.69 Å². The van der Waals surface area contributed by atoms with Crippen molar-refractivity contribution in [1.82, 2.24) is 0 Å². The maximum Gasteiger partial charge on any atom is 0.337 e. The number of carboxylic acid groups (broad SMARTS) is 1. The van der Waals surface area contributed by atoms with Crippen LogP contribution in [-0.2, 0) is 6.54 Å². The van der Waals surface area contributed by atoms with Gasteiger partial charge in [-0.25, -0.2) is 4.79 Å². The molecule has 26 heavy (non-hydrogen) atoms. The predicted molar refractivity (Wildman–Crippen MR) is 104 cm³/mol. The zero-order valence-electron chi connectivity index (χ0n) is 14.6. The fourth-order valence-electron chi connectivity index (χ4n) is 2.30. The molecule has 0 aliphatic carbocycles. The van der Waals surface area contributed by atoms with Gasteiger partial charge in [0.25, 0.3) is 0 Å². The second-order valence-corrected chi connectivity index (χ2v) is 6.34. The molecule has 0 unspecified atom stereocenters. The third-order valence-corrected chi connectivity index (χ3v) is 4.22. The summed E-state index contributed by atoms with van der Waals surface area (Å²) in [6.07, 6.45) is 0.888. The van der Waals surface area contributed by atoms with Crippen LogP contribution in [0.15, 0.2) is 30.3 Å². The fourth-order valence-corrected chi connectivity index (χ4v) is 2.78. The number of aromatic carboxylic acids is 1. The molecule has 2 N–H and O–H groups in total. The highest BCUT2D eigenvalue weighted by Gasteiger charge is 2.12. The molecule has 0 saturated heterocycles. The molecule has 0 aliphatic rings. The molecular formula is C19H21Cl2NO4. The summed E-state index contributed by atoms with van der Waals surface area (Å²) in [4.78, 5) is 11.0. The lowest BCUT2D eigenvalue weighted by Crippen LogP contribution is -2.05. The second-order valence-electron chi connectivity index (χ2n) is 5.53.